The lowest BCUT2D eigenvalue weighted by atomic mass is 10.3. The van der Waals surface area contributed by atoms with E-state index in [1.165, 1.54) is 0 Å². The van der Waals surface area contributed by atoms with Crippen molar-refractivity contribution in [3.8, 4) is 0 Å². The van der Waals surface area contributed by atoms with Gasteiger partial charge in [0.05, 0.1) is 4.90 Å². The molecule has 1 N–H and O–H groups in total. The topological polar surface area (TPSA) is 46.2 Å². The second-order valence-electron chi connectivity index (χ2n) is 3.59. The van der Waals surface area contributed by atoms with E-state index in [1.54, 1.807) is 24.3 Å². The molecular weight excluding hydrogens is 290 g/mol. The van der Waals surface area contributed by atoms with Gasteiger partial charge in [0, 0.05) is 11.0 Å². The van der Waals surface area contributed by atoms with Crippen LogP contribution in [0.4, 0.5) is 0 Å². The molecule has 0 heterocycles. The van der Waals surface area contributed by atoms with Crippen molar-refractivity contribution in [2.45, 2.75) is 18.7 Å². The molecule has 3 nitrogen and oxygen atoms in total. The quantitative estimate of drug-likeness (QED) is 0.869. The predicted molar refractivity (Wildman–Crippen MR) is 68.8 cm³/mol. The summed E-state index contributed by atoms with van der Waals surface area (Å²) in [5.41, 5.74) is 1.08. The lowest BCUT2D eigenvalue weighted by Crippen LogP contribution is -2.23. The zero-order chi connectivity index (χ0) is 12.2. The molecule has 0 radical (unpaired) electrons. The molecule has 1 rings (SSSR count). The fraction of sp³-hybridized carbons (Fsp3) is 0.273. The van der Waals surface area contributed by atoms with Crippen molar-refractivity contribution in [3.63, 3.8) is 0 Å². The molecule has 0 aliphatic carbocycles. The maximum atomic E-state index is 11.8. The number of nitrogens with one attached hydrogen (secondary N) is 1. The van der Waals surface area contributed by atoms with Crippen LogP contribution in [0.15, 0.2) is 45.3 Å². The third-order valence-corrected chi connectivity index (χ3v) is 3.88. The molecule has 0 aliphatic heterocycles. The summed E-state index contributed by atoms with van der Waals surface area (Å²) in [4.78, 5) is 0.276. The second-order valence-corrected chi connectivity index (χ2v) is 6.27. The summed E-state index contributed by atoms with van der Waals surface area (Å²) < 4.78 is 26.9. The highest BCUT2D eigenvalue weighted by Gasteiger charge is 2.11. The molecule has 0 bridgehead atoms. The van der Waals surface area contributed by atoms with Gasteiger partial charge in [0.15, 0.2) is 0 Å². The molecule has 0 fully saturated rings. The van der Waals surface area contributed by atoms with Crippen molar-refractivity contribution in [1.82, 2.24) is 4.72 Å². The van der Waals surface area contributed by atoms with Gasteiger partial charge in [-0.25, -0.2) is 13.1 Å². The monoisotopic (exact) mass is 303 g/mol. The summed E-state index contributed by atoms with van der Waals surface area (Å²) in [5.74, 6) is 0. The SMILES string of the molecule is CC(C)=CCNS(=O)(=O)c1ccc(Br)cc1. The van der Waals surface area contributed by atoms with Crippen molar-refractivity contribution >= 4 is 26.0 Å². The fourth-order valence-electron chi connectivity index (χ4n) is 1.05. The maximum absolute atomic E-state index is 11.8. The lowest BCUT2D eigenvalue weighted by Gasteiger charge is -2.04. The number of halogens is 1. The standard InChI is InChI=1S/C11H14BrNO2S/c1-9(2)7-8-13-16(14,15)11-5-3-10(12)4-6-11/h3-7,13H,8H2,1-2H3. The van der Waals surface area contributed by atoms with Crippen LogP contribution in [0.3, 0.4) is 0 Å². The number of hydrogen-bond acceptors (Lipinski definition) is 2. The highest BCUT2D eigenvalue weighted by atomic mass is 79.9. The van der Waals surface area contributed by atoms with E-state index in [2.05, 4.69) is 20.7 Å². The summed E-state index contributed by atoms with van der Waals surface area (Å²) in [6.07, 6.45) is 1.83. The molecule has 0 amide bonds. The first kappa shape index (κ1) is 13.4. The summed E-state index contributed by atoms with van der Waals surface area (Å²) in [5, 5.41) is 0. The average Bonchev–Trinajstić information content (AvgIpc) is 2.17. The molecule has 0 aliphatic rings. The summed E-state index contributed by atoms with van der Waals surface area (Å²) in [6, 6.07) is 6.54. The van der Waals surface area contributed by atoms with Gasteiger partial charge in [-0.3, -0.25) is 0 Å². The van der Waals surface area contributed by atoms with E-state index in [1.807, 2.05) is 19.9 Å². The molecule has 0 aromatic heterocycles. The van der Waals surface area contributed by atoms with Crippen LogP contribution in [0.5, 0.6) is 0 Å². The van der Waals surface area contributed by atoms with Crippen LogP contribution in [0, 0.1) is 0 Å². The Labute approximate surface area is 105 Å². The van der Waals surface area contributed by atoms with Crippen LogP contribution in [0.25, 0.3) is 0 Å². The minimum atomic E-state index is -3.39. The Kier molecular flexibility index (Phi) is 4.70. The predicted octanol–water partition coefficient (Wildman–Crippen LogP) is 2.69. The molecule has 0 spiro atoms. The van der Waals surface area contributed by atoms with Gasteiger partial charge in [-0.15, -0.1) is 0 Å². The van der Waals surface area contributed by atoms with Crippen LogP contribution in [0.1, 0.15) is 13.8 Å². The van der Waals surface area contributed by atoms with Crippen molar-refractivity contribution in [2.75, 3.05) is 6.54 Å². The highest BCUT2D eigenvalue weighted by Crippen LogP contribution is 2.14. The molecule has 1 aromatic rings. The van der Waals surface area contributed by atoms with E-state index < -0.39 is 10.0 Å². The molecule has 16 heavy (non-hydrogen) atoms. The van der Waals surface area contributed by atoms with Crippen molar-refractivity contribution in [2.24, 2.45) is 0 Å². The molecule has 0 atom stereocenters. The zero-order valence-electron chi connectivity index (χ0n) is 9.20. The third kappa shape index (κ3) is 4.08. The van der Waals surface area contributed by atoms with Gasteiger partial charge < -0.3 is 0 Å². The highest BCUT2D eigenvalue weighted by molar-refractivity contribution is 9.10. The minimum absolute atomic E-state index is 0.276. The second kappa shape index (κ2) is 5.61. The molecular formula is C11H14BrNO2S. The van der Waals surface area contributed by atoms with E-state index >= 15 is 0 Å². The van der Waals surface area contributed by atoms with Crippen LogP contribution >= 0.6 is 15.9 Å². The molecule has 0 saturated carbocycles. The Morgan fingerprint density at radius 3 is 2.38 bits per heavy atom. The van der Waals surface area contributed by atoms with E-state index in [4.69, 9.17) is 0 Å². The minimum Gasteiger partial charge on any atom is -0.207 e. The summed E-state index contributed by atoms with van der Waals surface area (Å²) >= 11 is 3.26. The number of benzene rings is 1. The van der Waals surface area contributed by atoms with Gasteiger partial charge >= 0.3 is 0 Å². The average molecular weight is 304 g/mol. The Balaban J connectivity index is 2.78. The van der Waals surface area contributed by atoms with Crippen molar-refractivity contribution < 1.29 is 8.42 Å². The van der Waals surface area contributed by atoms with Gasteiger partial charge in [-0.1, -0.05) is 27.6 Å². The Bertz CT molecular complexity index is 473. The summed E-state index contributed by atoms with van der Waals surface area (Å²) in [7, 11) is -3.39. The first-order valence-electron chi connectivity index (χ1n) is 4.80. The number of hydrogen-bond donors (Lipinski definition) is 1. The first-order chi connectivity index (χ1) is 7.42. The van der Waals surface area contributed by atoms with Gasteiger partial charge in [0.25, 0.3) is 0 Å². The Hall–Kier alpha value is -0.650. The van der Waals surface area contributed by atoms with Gasteiger partial charge in [0.1, 0.15) is 0 Å². The van der Waals surface area contributed by atoms with Crippen LogP contribution in [-0.4, -0.2) is 15.0 Å². The Morgan fingerprint density at radius 1 is 1.31 bits per heavy atom. The molecule has 1 aromatic carbocycles. The first-order valence-corrected chi connectivity index (χ1v) is 7.08. The third-order valence-electron chi connectivity index (χ3n) is 1.91. The molecule has 88 valence electrons. The summed E-state index contributed by atoms with van der Waals surface area (Å²) in [6.45, 7) is 4.17. The number of allylic oxidation sites excluding steroid dienone is 1. The smallest absolute Gasteiger partial charge is 0.207 e. The van der Waals surface area contributed by atoms with E-state index in [0.717, 1.165) is 10.0 Å². The van der Waals surface area contributed by atoms with Gasteiger partial charge in [0.2, 0.25) is 10.0 Å². The Morgan fingerprint density at radius 2 is 1.88 bits per heavy atom. The van der Waals surface area contributed by atoms with E-state index in [0.29, 0.717) is 6.54 Å². The molecule has 0 saturated heterocycles. The normalized spacial score (nSPS) is 11.2. The van der Waals surface area contributed by atoms with E-state index in [-0.39, 0.29) is 4.90 Å². The van der Waals surface area contributed by atoms with Crippen molar-refractivity contribution in [3.05, 3.63) is 40.4 Å². The van der Waals surface area contributed by atoms with Crippen LogP contribution in [0.2, 0.25) is 0 Å². The van der Waals surface area contributed by atoms with Gasteiger partial charge in [-0.05, 0) is 38.1 Å². The van der Waals surface area contributed by atoms with Crippen LogP contribution in [-0.2, 0) is 10.0 Å². The number of sulfonamides is 1. The number of rotatable bonds is 4. The zero-order valence-corrected chi connectivity index (χ0v) is 11.6. The van der Waals surface area contributed by atoms with Crippen molar-refractivity contribution in [1.29, 1.82) is 0 Å². The maximum Gasteiger partial charge on any atom is 0.240 e. The lowest BCUT2D eigenvalue weighted by molar-refractivity contribution is 0.585. The van der Waals surface area contributed by atoms with Gasteiger partial charge in [-0.2, -0.15) is 0 Å². The van der Waals surface area contributed by atoms with E-state index in [9.17, 15) is 8.42 Å². The molecule has 5 heteroatoms. The molecule has 0 unspecified atom stereocenters. The van der Waals surface area contributed by atoms with Crippen LogP contribution < -0.4 is 4.72 Å². The largest absolute Gasteiger partial charge is 0.240 e. The fourth-order valence-corrected chi connectivity index (χ4v) is 2.28.